The number of hydrogen-bond acceptors (Lipinski definition) is 4. The summed E-state index contributed by atoms with van der Waals surface area (Å²) < 4.78 is 33.7. The summed E-state index contributed by atoms with van der Waals surface area (Å²) in [6.45, 7) is 3.21. The van der Waals surface area contributed by atoms with Crippen molar-refractivity contribution >= 4 is 11.6 Å². The van der Waals surface area contributed by atoms with Crippen LogP contribution in [0.2, 0.25) is 0 Å². The first kappa shape index (κ1) is 19.0. The van der Waals surface area contributed by atoms with Crippen LogP contribution in [-0.4, -0.2) is 22.3 Å². The highest BCUT2D eigenvalue weighted by Crippen LogP contribution is 2.22. The van der Waals surface area contributed by atoms with Gasteiger partial charge < -0.3 is 10.1 Å². The van der Waals surface area contributed by atoms with Gasteiger partial charge >= 0.3 is 0 Å². The molecule has 28 heavy (non-hydrogen) atoms. The highest BCUT2D eigenvalue weighted by molar-refractivity contribution is 6.06. The molecule has 0 aliphatic rings. The summed E-state index contributed by atoms with van der Waals surface area (Å²) in [5.41, 5.74) is 1.71. The van der Waals surface area contributed by atoms with Crippen molar-refractivity contribution in [2.24, 2.45) is 0 Å². The second kappa shape index (κ2) is 7.88. The number of nitrogens with zero attached hydrogens (tertiary/aromatic N) is 3. The molecule has 3 aromatic rings. The van der Waals surface area contributed by atoms with Crippen LogP contribution >= 0.6 is 0 Å². The zero-order valence-electron chi connectivity index (χ0n) is 15.2. The summed E-state index contributed by atoms with van der Waals surface area (Å²) in [6, 6.07) is 11.6. The number of aromatic nitrogens is 2. The molecule has 0 unspecified atom stereocenters. The Morgan fingerprint density at radius 3 is 2.57 bits per heavy atom. The number of carbonyl (C=O) groups excluding carboxylic acids is 1. The number of carbonyl (C=O) groups is 1. The van der Waals surface area contributed by atoms with Crippen molar-refractivity contribution in [3.63, 3.8) is 0 Å². The van der Waals surface area contributed by atoms with Gasteiger partial charge in [0.25, 0.3) is 5.91 Å². The van der Waals surface area contributed by atoms with Gasteiger partial charge in [-0.15, -0.1) is 0 Å². The predicted octanol–water partition coefficient (Wildman–Crippen LogP) is 3.92. The molecule has 0 spiro atoms. The van der Waals surface area contributed by atoms with Crippen molar-refractivity contribution in [1.29, 1.82) is 5.26 Å². The molecule has 1 heterocycles. The monoisotopic (exact) mass is 382 g/mol. The maximum Gasteiger partial charge on any atom is 0.259 e. The molecule has 0 radical (unpaired) electrons. The molecule has 0 fully saturated rings. The number of nitriles is 1. The van der Waals surface area contributed by atoms with E-state index in [9.17, 15) is 13.6 Å². The zero-order valence-corrected chi connectivity index (χ0v) is 15.2. The first-order valence-corrected chi connectivity index (χ1v) is 8.33. The van der Waals surface area contributed by atoms with E-state index in [2.05, 4.69) is 10.4 Å². The third-order valence-electron chi connectivity index (χ3n) is 4.07. The highest BCUT2D eigenvalue weighted by atomic mass is 19.1. The second-order valence-corrected chi connectivity index (χ2v) is 5.98. The maximum absolute atomic E-state index is 14.1. The van der Waals surface area contributed by atoms with E-state index in [0.717, 1.165) is 12.1 Å². The van der Waals surface area contributed by atoms with E-state index < -0.39 is 17.5 Å². The Kier molecular flexibility index (Phi) is 5.36. The van der Waals surface area contributed by atoms with Crippen molar-refractivity contribution < 1.29 is 18.3 Å². The fourth-order valence-corrected chi connectivity index (χ4v) is 2.80. The van der Waals surface area contributed by atoms with Crippen LogP contribution in [0.15, 0.2) is 42.5 Å². The highest BCUT2D eigenvalue weighted by Gasteiger charge is 2.21. The summed E-state index contributed by atoms with van der Waals surface area (Å²) in [4.78, 5) is 12.7. The number of amides is 1. The lowest BCUT2D eigenvalue weighted by Crippen LogP contribution is -2.14. The van der Waals surface area contributed by atoms with Crippen molar-refractivity contribution in [3.05, 3.63) is 71.1 Å². The van der Waals surface area contributed by atoms with E-state index in [1.165, 1.54) is 10.7 Å². The fraction of sp³-hybridized carbons (Fsp3) is 0.150. The minimum absolute atomic E-state index is 0.0556. The van der Waals surface area contributed by atoms with Crippen LogP contribution in [-0.2, 0) is 0 Å². The van der Waals surface area contributed by atoms with Crippen LogP contribution in [0.4, 0.5) is 14.5 Å². The van der Waals surface area contributed by atoms with Crippen LogP contribution in [0.1, 0.15) is 21.7 Å². The summed E-state index contributed by atoms with van der Waals surface area (Å²) >= 11 is 0. The van der Waals surface area contributed by atoms with Crippen molar-refractivity contribution in [2.75, 3.05) is 11.9 Å². The molecule has 1 aromatic heterocycles. The van der Waals surface area contributed by atoms with E-state index in [0.29, 0.717) is 28.4 Å². The third-order valence-corrected chi connectivity index (χ3v) is 4.07. The number of nitrogens with one attached hydrogen (secondary N) is 1. The molecule has 3 rings (SSSR count). The molecule has 1 N–H and O–H groups in total. The van der Waals surface area contributed by atoms with Crippen LogP contribution in [0.5, 0.6) is 5.75 Å². The number of ether oxygens (including phenoxy) is 1. The normalized spacial score (nSPS) is 10.4. The molecule has 0 aliphatic heterocycles. The third kappa shape index (κ3) is 3.83. The van der Waals surface area contributed by atoms with Gasteiger partial charge in [0.05, 0.1) is 17.0 Å². The Bertz CT molecular complexity index is 1070. The van der Waals surface area contributed by atoms with Gasteiger partial charge in [0, 0.05) is 11.8 Å². The smallest absolute Gasteiger partial charge is 0.259 e. The summed E-state index contributed by atoms with van der Waals surface area (Å²) in [7, 11) is 0. The topological polar surface area (TPSA) is 79.9 Å². The Morgan fingerprint density at radius 2 is 1.93 bits per heavy atom. The van der Waals surface area contributed by atoms with Gasteiger partial charge in [-0.2, -0.15) is 10.4 Å². The van der Waals surface area contributed by atoms with Crippen molar-refractivity contribution in [3.8, 4) is 17.5 Å². The van der Waals surface area contributed by atoms with E-state index in [1.54, 1.807) is 38.1 Å². The second-order valence-electron chi connectivity index (χ2n) is 5.98. The molecule has 0 bridgehead atoms. The Balaban J connectivity index is 1.85. The quantitative estimate of drug-likeness (QED) is 0.725. The molecule has 0 saturated carbocycles. The Hall–Kier alpha value is -3.73. The maximum atomic E-state index is 14.1. The summed E-state index contributed by atoms with van der Waals surface area (Å²) in [5.74, 6) is -1.37. The standard InChI is InChI=1S/C20H16F2N4O2/c1-12-19(13(2)26(25-12)18-8-3-14(21)11-17(18)22)20(27)24-15-4-6-16(7-5-15)28-10-9-23/h3-8,11H,10H2,1-2H3,(H,24,27). The minimum atomic E-state index is -0.773. The van der Waals surface area contributed by atoms with Gasteiger partial charge in [0.15, 0.2) is 12.4 Å². The number of aryl methyl sites for hydroxylation is 1. The van der Waals surface area contributed by atoms with Gasteiger partial charge in [-0.05, 0) is 50.2 Å². The lowest BCUT2D eigenvalue weighted by molar-refractivity contribution is 0.102. The number of benzene rings is 2. The van der Waals surface area contributed by atoms with Crippen LogP contribution in [0.25, 0.3) is 5.69 Å². The van der Waals surface area contributed by atoms with Gasteiger partial charge in [-0.1, -0.05) is 0 Å². The first-order chi connectivity index (χ1) is 13.4. The predicted molar refractivity (Wildman–Crippen MR) is 98.5 cm³/mol. The summed E-state index contributed by atoms with van der Waals surface area (Å²) in [5, 5.41) is 15.5. The molecular weight excluding hydrogens is 366 g/mol. The van der Waals surface area contributed by atoms with E-state index in [4.69, 9.17) is 10.00 Å². The lowest BCUT2D eigenvalue weighted by Gasteiger charge is -2.08. The summed E-state index contributed by atoms with van der Waals surface area (Å²) in [6.07, 6.45) is 0. The van der Waals surface area contributed by atoms with E-state index in [-0.39, 0.29) is 12.3 Å². The van der Waals surface area contributed by atoms with Gasteiger partial charge in [-0.3, -0.25) is 4.79 Å². The van der Waals surface area contributed by atoms with Gasteiger partial charge in [0.2, 0.25) is 0 Å². The molecule has 8 heteroatoms. The Morgan fingerprint density at radius 1 is 1.21 bits per heavy atom. The van der Waals surface area contributed by atoms with Gasteiger partial charge in [-0.25, -0.2) is 13.5 Å². The van der Waals surface area contributed by atoms with Gasteiger partial charge in [0.1, 0.15) is 23.3 Å². The minimum Gasteiger partial charge on any atom is -0.479 e. The molecule has 2 aromatic carbocycles. The lowest BCUT2D eigenvalue weighted by atomic mass is 10.1. The number of halogens is 2. The molecule has 0 atom stereocenters. The molecule has 0 aliphatic carbocycles. The van der Waals surface area contributed by atoms with Crippen LogP contribution in [0.3, 0.4) is 0 Å². The Labute approximate surface area is 160 Å². The van der Waals surface area contributed by atoms with Crippen LogP contribution in [0, 0.1) is 36.8 Å². The average molecular weight is 382 g/mol. The van der Waals surface area contributed by atoms with E-state index in [1.807, 2.05) is 6.07 Å². The number of anilines is 1. The van der Waals surface area contributed by atoms with E-state index >= 15 is 0 Å². The molecule has 1 amide bonds. The molecule has 142 valence electrons. The fourth-order valence-electron chi connectivity index (χ4n) is 2.80. The number of hydrogen-bond donors (Lipinski definition) is 1. The van der Waals surface area contributed by atoms with Crippen LogP contribution < -0.4 is 10.1 Å². The molecule has 0 saturated heterocycles. The zero-order chi connectivity index (χ0) is 20.3. The molecule has 6 nitrogen and oxygen atoms in total. The number of rotatable bonds is 5. The van der Waals surface area contributed by atoms with Crippen molar-refractivity contribution in [1.82, 2.24) is 9.78 Å². The molecular formula is C20H16F2N4O2. The SMILES string of the molecule is Cc1nn(-c2ccc(F)cc2F)c(C)c1C(=O)Nc1ccc(OCC#N)cc1. The van der Waals surface area contributed by atoms with Crippen molar-refractivity contribution in [2.45, 2.75) is 13.8 Å². The first-order valence-electron chi connectivity index (χ1n) is 8.33. The average Bonchev–Trinajstić information content (AvgIpc) is 2.95. The largest absolute Gasteiger partial charge is 0.479 e.